The van der Waals surface area contributed by atoms with Crippen LogP contribution in [-0.4, -0.2) is 21.6 Å². The molecule has 0 saturated heterocycles. The van der Waals surface area contributed by atoms with Crippen molar-refractivity contribution < 1.29 is 14.5 Å². The molecule has 24 heavy (non-hydrogen) atoms. The Morgan fingerprint density at radius 3 is 2.67 bits per heavy atom. The number of amides is 1. The third-order valence-electron chi connectivity index (χ3n) is 3.44. The molecule has 0 aliphatic carbocycles. The smallest absolute Gasteiger partial charge is 0.296 e. The van der Waals surface area contributed by atoms with Crippen molar-refractivity contribution in [1.29, 1.82) is 0 Å². The summed E-state index contributed by atoms with van der Waals surface area (Å²) in [7, 11) is 0. The molecule has 8 heteroatoms. The number of hydrogen-bond acceptors (Lipinski definition) is 4. The lowest BCUT2D eigenvalue weighted by molar-refractivity contribution is -0.384. The number of rotatable bonds is 4. The maximum absolute atomic E-state index is 12.3. The number of H-pyrrole nitrogens is 1. The van der Waals surface area contributed by atoms with Crippen LogP contribution < -0.4 is 5.32 Å². The molecule has 3 rings (SSSR count). The Labute approximate surface area is 140 Å². The van der Waals surface area contributed by atoms with E-state index in [2.05, 4.69) is 10.3 Å². The van der Waals surface area contributed by atoms with Crippen molar-refractivity contribution in [3.63, 3.8) is 0 Å². The lowest BCUT2D eigenvalue weighted by atomic mass is 10.1. The van der Waals surface area contributed by atoms with Crippen LogP contribution in [0.2, 0.25) is 5.02 Å². The Morgan fingerprint density at radius 2 is 1.92 bits per heavy atom. The second-order valence-electron chi connectivity index (χ2n) is 4.95. The normalized spacial score (nSPS) is 10.5. The summed E-state index contributed by atoms with van der Waals surface area (Å²) in [6.07, 6.45) is 1.46. The summed E-state index contributed by atoms with van der Waals surface area (Å²) < 4.78 is 0. The number of nitrogens with one attached hydrogen (secondary N) is 2. The van der Waals surface area contributed by atoms with E-state index in [1.54, 1.807) is 24.3 Å². The van der Waals surface area contributed by atoms with Crippen molar-refractivity contribution in [1.82, 2.24) is 4.98 Å². The average molecular weight is 344 g/mol. The van der Waals surface area contributed by atoms with Crippen LogP contribution in [-0.2, 0) is 4.79 Å². The Balaban J connectivity index is 1.86. The third kappa shape index (κ3) is 2.84. The molecule has 0 bridgehead atoms. The van der Waals surface area contributed by atoms with Gasteiger partial charge >= 0.3 is 0 Å². The summed E-state index contributed by atoms with van der Waals surface area (Å²) in [4.78, 5) is 37.6. The van der Waals surface area contributed by atoms with Crippen LogP contribution in [0.5, 0.6) is 0 Å². The molecule has 1 amide bonds. The first-order chi connectivity index (χ1) is 11.5. The highest BCUT2D eigenvalue weighted by Gasteiger charge is 2.21. The van der Waals surface area contributed by atoms with Crippen LogP contribution >= 0.6 is 11.6 Å². The van der Waals surface area contributed by atoms with Gasteiger partial charge in [-0.25, -0.2) is 0 Å². The number of carbonyl (C=O) groups excluding carboxylic acids is 2. The molecule has 2 N–H and O–H groups in total. The first-order valence-electron chi connectivity index (χ1n) is 6.83. The first kappa shape index (κ1) is 15.7. The minimum atomic E-state index is -0.892. The number of benzene rings is 2. The second-order valence-corrected chi connectivity index (χ2v) is 5.36. The van der Waals surface area contributed by atoms with Gasteiger partial charge in [-0.15, -0.1) is 0 Å². The monoisotopic (exact) mass is 343 g/mol. The maximum Gasteiger partial charge on any atom is 0.296 e. The molecule has 0 atom stereocenters. The van der Waals surface area contributed by atoms with E-state index in [9.17, 15) is 19.7 Å². The summed E-state index contributed by atoms with van der Waals surface area (Å²) in [5.74, 6) is -1.64. The van der Waals surface area contributed by atoms with Gasteiger partial charge in [-0.3, -0.25) is 19.7 Å². The molecule has 0 unspecified atom stereocenters. The highest BCUT2D eigenvalue weighted by Crippen LogP contribution is 2.27. The number of aromatic nitrogens is 1. The molecule has 0 saturated carbocycles. The highest BCUT2D eigenvalue weighted by atomic mass is 35.5. The predicted octanol–water partition coefficient (Wildman–Crippen LogP) is 3.55. The second kappa shape index (κ2) is 6.13. The Hall–Kier alpha value is -3.19. The van der Waals surface area contributed by atoms with E-state index >= 15 is 0 Å². The summed E-state index contributed by atoms with van der Waals surface area (Å²) in [6, 6.07) is 10.8. The van der Waals surface area contributed by atoms with Crippen molar-refractivity contribution in [2.24, 2.45) is 0 Å². The van der Waals surface area contributed by atoms with E-state index in [0.29, 0.717) is 5.39 Å². The van der Waals surface area contributed by atoms with Crippen LogP contribution in [0, 0.1) is 10.1 Å². The minimum Gasteiger partial charge on any atom is -0.360 e. The van der Waals surface area contributed by atoms with Gasteiger partial charge in [0.2, 0.25) is 0 Å². The third-order valence-corrected chi connectivity index (χ3v) is 3.76. The number of nitro benzene ring substituents is 1. The summed E-state index contributed by atoms with van der Waals surface area (Å²) in [5.41, 5.74) is 0.723. The number of halogens is 1. The van der Waals surface area contributed by atoms with E-state index in [4.69, 9.17) is 11.6 Å². The van der Waals surface area contributed by atoms with E-state index in [1.165, 1.54) is 18.3 Å². The van der Waals surface area contributed by atoms with E-state index in [-0.39, 0.29) is 22.0 Å². The van der Waals surface area contributed by atoms with Crippen molar-refractivity contribution in [2.45, 2.75) is 0 Å². The maximum atomic E-state index is 12.3. The van der Waals surface area contributed by atoms with Gasteiger partial charge in [-0.2, -0.15) is 0 Å². The Morgan fingerprint density at radius 1 is 1.17 bits per heavy atom. The molecular weight excluding hydrogens is 334 g/mol. The largest absolute Gasteiger partial charge is 0.360 e. The fraction of sp³-hybridized carbons (Fsp3) is 0. The number of ketones is 1. The van der Waals surface area contributed by atoms with E-state index < -0.39 is 16.6 Å². The number of para-hydroxylation sites is 1. The predicted molar refractivity (Wildman–Crippen MR) is 89.4 cm³/mol. The quantitative estimate of drug-likeness (QED) is 0.327. The average Bonchev–Trinajstić information content (AvgIpc) is 2.99. The van der Waals surface area contributed by atoms with E-state index in [0.717, 1.165) is 11.6 Å². The van der Waals surface area contributed by atoms with Gasteiger partial charge < -0.3 is 10.3 Å². The Bertz CT molecular complexity index is 980. The highest BCUT2D eigenvalue weighted by molar-refractivity contribution is 6.48. The molecule has 120 valence electrons. The molecular formula is C16H10ClN3O4. The van der Waals surface area contributed by atoms with Gasteiger partial charge in [0.1, 0.15) is 5.02 Å². The SMILES string of the molecule is O=C(Nc1ccc(Cl)c([N+](=O)[O-])c1)C(=O)c1c[nH]c2ccccc12. The molecule has 1 heterocycles. The van der Waals surface area contributed by atoms with Crippen LogP contribution in [0.1, 0.15) is 10.4 Å². The molecule has 2 aromatic carbocycles. The van der Waals surface area contributed by atoms with Gasteiger partial charge in [-0.1, -0.05) is 29.8 Å². The summed E-state index contributed by atoms with van der Waals surface area (Å²) in [6.45, 7) is 0. The number of carbonyl (C=O) groups is 2. The lowest BCUT2D eigenvalue weighted by Gasteiger charge is -2.04. The zero-order valence-corrected chi connectivity index (χ0v) is 12.8. The number of aromatic amines is 1. The standard InChI is InChI=1S/C16H10ClN3O4/c17-12-6-5-9(7-14(12)20(23)24)19-16(22)15(21)11-8-18-13-4-2-1-3-10(11)13/h1-8,18H,(H,19,22). The number of nitro groups is 1. The topological polar surface area (TPSA) is 105 Å². The molecule has 0 aliphatic rings. The number of fused-ring (bicyclic) bond motifs is 1. The number of anilines is 1. The molecule has 1 aromatic heterocycles. The van der Waals surface area contributed by atoms with Crippen molar-refractivity contribution in [2.75, 3.05) is 5.32 Å². The van der Waals surface area contributed by atoms with Gasteiger partial charge in [0.25, 0.3) is 17.4 Å². The first-order valence-corrected chi connectivity index (χ1v) is 7.21. The van der Waals surface area contributed by atoms with E-state index in [1.807, 2.05) is 0 Å². The Kier molecular flexibility index (Phi) is 4.01. The number of Topliss-reactive ketones (excluding diaryl/α,β-unsaturated/α-hetero) is 1. The van der Waals surface area contributed by atoms with Gasteiger partial charge in [0.15, 0.2) is 0 Å². The molecule has 0 spiro atoms. The van der Waals surface area contributed by atoms with Crippen LogP contribution in [0.3, 0.4) is 0 Å². The van der Waals surface area contributed by atoms with Gasteiger partial charge in [0.05, 0.1) is 10.5 Å². The number of nitrogens with zero attached hydrogens (tertiary/aromatic N) is 1. The van der Waals surface area contributed by atoms with Gasteiger partial charge in [-0.05, 0) is 18.2 Å². The minimum absolute atomic E-state index is 0.0547. The fourth-order valence-electron chi connectivity index (χ4n) is 2.30. The summed E-state index contributed by atoms with van der Waals surface area (Å²) in [5, 5.41) is 13.8. The molecule has 0 aliphatic heterocycles. The van der Waals surface area contributed by atoms with Crippen LogP contribution in [0.15, 0.2) is 48.7 Å². The van der Waals surface area contributed by atoms with Crippen LogP contribution in [0.4, 0.5) is 11.4 Å². The van der Waals surface area contributed by atoms with Crippen molar-refractivity contribution in [3.05, 3.63) is 69.4 Å². The van der Waals surface area contributed by atoms with Crippen molar-refractivity contribution >= 4 is 45.6 Å². The molecule has 0 radical (unpaired) electrons. The zero-order chi connectivity index (χ0) is 17.3. The zero-order valence-electron chi connectivity index (χ0n) is 12.1. The lowest BCUT2D eigenvalue weighted by Crippen LogP contribution is -2.22. The fourth-order valence-corrected chi connectivity index (χ4v) is 2.49. The number of hydrogen-bond donors (Lipinski definition) is 2. The van der Waals surface area contributed by atoms with Gasteiger partial charge in [0, 0.05) is 28.9 Å². The summed E-state index contributed by atoms with van der Waals surface area (Å²) >= 11 is 5.71. The molecule has 3 aromatic rings. The molecule has 0 fully saturated rings. The van der Waals surface area contributed by atoms with Crippen LogP contribution in [0.25, 0.3) is 10.9 Å². The molecule has 7 nitrogen and oxygen atoms in total. The van der Waals surface area contributed by atoms with Crippen molar-refractivity contribution in [3.8, 4) is 0 Å².